The smallest absolute Gasteiger partial charge is 0.462 e. The van der Waals surface area contributed by atoms with Crippen LogP contribution in [0.1, 0.15) is 206 Å². The van der Waals surface area contributed by atoms with Gasteiger partial charge in [-0.2, -0.15) is 0 Å². The molecule has 0 aromatic carbocycles. The summed E-state index contributed by atoms with van der Waals surface area (Å²) in [5, 5.41) is 0. The lowest BCUT2D eigenvalue weighted by Crippen LogP contribution is -2.29. The van der Waals surface area contributed by atoms with Gasteiger partial charge in [0.1, 0.15) is 6.61 Å². The number of unbranched alkanes of at least 4 members (excludes halogenated alkanes) is 20. The van der Waals surface area contributed by atoms with Crippen LogP contribution in [0.25, 0.3) is 0 Å². The fourth-order valence-electron chi connectivity index (χ4n) is 6.85. The molecule has 0 aromatic heterocycles. The molecule has 10 heteroatoms. The van der Waals surface area contributed by atoms with Crippen LogP contribution in [0.15, 0.2) is 60.8 Å². The maximum Gasteiger partial charge on any atom is 0.469 e. The lowest BCUT2D eigenvalue weighted by atomic mass is 10.0. The van der Waals surface area contributed by atoms with E-state index >= 15 is 0 Å². The van der Waals surface area contributed by atoms with E-state index in [4.69, 9.17) is 24.0 Å². The van der Waals surface area contributed by atoms with Crippen LogP contribution < -0.4 is 0 Å². The van der Waals surface area contributed by atoms with E-state index in [1.807, 2.05) is 12.2 Å². The van der Waals surface area contributed by atoms with E-state index in [1.165, 1.54) is 109 Å². The highest BCUT2D eigenvalue weighted by atomic mass is 31.2. The summed E-state index contributed by atoms with van der Waals surface area (Å²) in [5.74, 6) is -0.982. The summed E-state index contributed by atoms with van der Waals surface area (Å²) in [5.41, 5.74) is 0. The van der Waals surface area contributed by atoms with Gasteiger partial charge < -0.3 is 24.0 Å². The van der Waals surface area contributed by atoms with Gasteiger partial charge in [-0.3, -0.25) is 14.1 Å². The van der Waals surface area contributed by atoms with Crippen molar-refractivity contribution in [2.24, 2.45) is 0 Å². The van der Waals surface area contributed by atoms with Gasteiger partial charge in [0.15, 0.2) is 6.10 Å². The third-order valence-corrected chi connectivity index (χ3v) is 11.0. The number of hydrogen-bond donors (Lipinski definition) is 2. The molecule has 0 amide bonds. The first-order chi connectivity index (χ1) is 28.7. The van der Waals surface area contributed by atoms with Gasteiger partial charge in [-0.15, -0.1) is 0 Å². The summed E-state index contributed by atoms with van der Waals surface area (Å²) in [6.45, 7) is 3.53. The zero-order chi connectivity index (χ0) is 42.9. The van der Waals surface area contributed by atoms with Gasteiger partial charge in [0.05, 0.1) is 18.8 Å². The first kappa shape index (κ1) is 54.7. The Hall–Kier alpha value is -2.29. The van der Waals surface area contributed by atoms with Gasteiger partial charge >= 0.3 is 19.8 Å². The number of ether oxygens (including phenoxy) is 3. The van der Waals surface area contributed by atoms with Crippen molar-refractivity contribution in [1.82, 2.24) is 0 Å². The number of esters is 2. The molecule has 0 radical (unpaired) electrons. The van der Waals surface area contributed by atoms with Gasteiger partial charge in [-0.05, 0) is 51.4 Å². The lowest BCUT2D eigenvalue weighted by Gasteiger charge is -2.18. The van der Waals surface area contributed by atoms with Crippen LogP contribution in [0.3, 0.4) is 0 Å². The maximum atomic E-state index is 12.5. The van der Waals surface area contributed by atoms with Crippen LogP contribution in [0.4, 0.5) is 0 Å². The molecule has 1 fully saturated rings. The molecular weight excluding hydrogens is 764 g/mol. The van der Waals surface area contributed by atoms with Crippen LogP contribution in [-0.2, 0) is 32.9 Å². The van der Waals surface area contributed by atoms with Crippen molar-refractivity contribution in [3.05, 3.63) is 60.8 Å². The molecule has 0 saturated carbocycles. The first-order valence-corrected chi connectivity index (χ1v) is 25.2. The minimum absolute atomic E-state index is 0.138. The van der Waals surface area contributed by atoms with Crippen molar-refractivity contribution in [2.75, 3.05) is 13.2 Å². The molecule has 59 heavy (non-hydrogen) atoms. The SMILES string of the molecule is CC/C=C\CC1OC1C/C=C\C/C=C\C/C=C\C/C=C\CCC(=O)OC[C@H](COP(=O)(O)O)OC(=O)CCCCCCCCCCCCCCCCCCCCCCC. The van der Waals surface area contributed by atoms with Crippen LogP contribution in [0.2, 0.25) is 0 Å². The van der Waals surface area contributed by atoms with Gasteiger partial charge in [0.2, 0.25) is 0 Å². The van der Waals surface area contributed by atoms with E-state index in [9.17, 15) is 14.2 Å². The number of phosphoric ester groups is 1. The van der Waals surface area contributed by atoms with Crippen molar-refractivity contribution in [3.63, 3.8) is 0 Å². The molecule has 1 heterocycles. The molecule has 2 unspecified atom stereocenters. The van der Waals surface area contributed by atoms with E-state index in [-0.39, 0.29) is 19.4 Å². The van der Waals surface area contributed by atoms with Gasteiger partial charge in [0, 0.05) is 12.8 Å². The summed E-state index contributed by atoms with van der Waals surface area (Å²) in [6.07, 6.45) is 54.3. The second kappa shape index (κ2) is 39.8. The molecule has 0 spiro atoms. The van der Waals surface area contributed by atoms with Crippen molar-refractivity contribution < 1.29 is 42.7 Å². The summed E-state index contributed by atoms with van der Waals surface area (Å²) < 4.78 is 32.1. The molecule has 1 aliphatic heterocycles. The Morgan fingerprint density at radius 3 is 1.42 bits per heavy atom. The Balaban J connectivity index is 2.05. The second-order valence-electron chi connectivity index (χ2n) is 16.1. The minimum Gasteiger partial charge on any atom is -0.462 e. The zero-order valence-electron chi connectivity index (χ0n) is 37.3. The van der Waals surface area contributed by atoms with Crippen molar-refractivity contribution in [3.8, 4) is 0 Å². The zero-order valence-corrected chi connectivity index (χ0v) is 38.2. The molecule has 0 aromatic rings. The van der Waals surface area contributed by atoms with Gasteiger partial charge in [-0.25, -0.2) is 4.57 Å². The first-order valence-electron chi connectivity index (χ1n) is 23.7. The standard InChI is InChI=1S/C49H85O9P/c1-3-5-7-8-9-10-11-12-13-14-15-16-17-18-19-20-25-28-31-34-38-42-49(51)57-45(44-56-59(52,53)54)43-55-48(50)41-37-33-30-27-24-22-21-23-26-29-32-36-40-47-46(58-47)39-35-6-4-2/h6,22-24,26,30,32-33,35-36,45-47H,3-5,7-21,25,27-29,31,34,37-44H2,1-2H3,(H2,52,53,54)/b24-22-,26-23-,33-30-,35-6-,36-32-/t45-,46?,47?/m1/s1. The molecule has 3 atom stereocenters. The molecular formula is C49H85O9P. The van der Waals surface area contributed by atoms with Crippen molar-refractivity contribution in [2.45, 2.75) is 225 Å². The molecule has 340 valence electrons. The van der Waals surface area contributed by atoms with Crippen LogP contribution >= 0.6 is 7.82 Å². The van der Waals surface area contributed by atoms with Crippen LogP contribution in [-0.4, -0.2) is 53.3 Å². The van der Waals surface area contributed by atoms with E-state index in [0.29, 0.717) is 25.0 Å². The highest BCUT2D eigenvalue weighted by Crippen LogP contribution is 2.36. The third kappa shape index (κ3) is 39.6. The molecule has 1 rings (SSSR count). The minimum atomic E-state index is -4.78. The molecule has 2 N–H and O–H groups in total. The van der Waals surface area contributed by atoms with E-state index in [2.05, 4.69) is 67.0 Å². The monoisotopic (exact) mass is 849 g/mol. The van der Waals surface area contributed by atoms with Crippen molar-refractivity contribution >= 4 is 19.8 Å². The Labute approximate surface area is 360 Å². The Morgan fingerprint density at radius 2 is 0.966 bits per heavy atom. The number of carbonyl (C=O) groups is 2. The highest BCUT2D eigenvalue weighted by molar-refractivity contribution is 7.46. The number of epoxide rings is 1. The fourth-order valence-corrected chi connectivity index (χ4v) is 7.21. The highest BCUT2D eigenvalue weighted by Gasteiger charge is 2.36. The third-order valence-electron chi connectivity index (χ3n) is 10.5. The molecule has 0 aliphatic carbocycles. The molecule has 1 saturated heterocycles. The average Bonchev–Trinajstić information content (AvgIpc) is 3.97. The van der Waals surface area contributed by atoms with Crippen LogP contribution in [0, 0.1) is 0 Å². The van der Waals surface area contributed by atoms with Gasteiger partial charge in [-0.1, -0.05) is 203 Å². The number of phosphoric acid groups is 1. The Morgan fingerprint density at radius 1 is 0.542 bits per heavy atom. The molecule has 1 aliphatic rings. The normalized spacial score (nSPS) is 16.4. The fraction of sp³-hybridized carbons (Fsp3) is 0.755. The number of rotatable bonds is 42. The second-order valence-corrected chi connectivity index (χ2v) is 17.3. The summed E-state index contributed by atoms with van der Waals surface area (Å²) in [6, 6.07) is 0. The number of carbonyl (C=O) groups excluding carboxylic acids is 2. The van der Waals surface area contributed by atoms with E-state index < -0.39 is 32.5 Å². The quantitative estimate of drug-likeness (QED) is 0.0202. The Kier molecular flexibility index (Phi) is 36.9. The van der Waals surface area contributed by atoms with E-state index in [0.717, 1.165) is 57.8 Å². The van der Waals surface area contributed by atoms with Crippen LogP contribution in [0.5, 0.6) is 0 Å². The summed E-state index contributed by atoms with van der Waals surface area (Å²) in [7, 11) is -4.78. The molecule has 9 nitrogen and oxygen atoms in total. The lowest BCUT2D eigenvalue weighted by molar-refractivity contribution is -0.161. The maximum absolute atomic E-state index is 12.5. The summed E-state index contributed by atoms with van der Waals surface area (Å²) >= 11 is 0. The number of allylic oxidation sites excluding steroid dienone is 8. The summed E-state index contributed by atoms with van der Waals surface area (Å²) in [4.78, 5) is 43.0. The predicted octanol–water partition coefficient (Wildman–Crippen LogP) is 13.8. The topological polar surface area (TPSA) is 132 Å². The number of hydrogen-bond acceptors (Lipinski definition) is 7. The van der Waals surface area contributed by atoms with E-state index in [1.54, 1.807) is 0 Å². The molecule has 0 bridgehead atoms. The average molecular weight is 849 g/mol. The van der Waals surface area contributed by atoms with Gasteiger partial charge in [0.25, 0.3) is 0 Å². The predicted molar refractivity (Wildman–Crippen MR) is 243 cm³/mol. The van der Waals surface area contributed by atoms with Crippen molar-refractivity contribution in [1.29, 1.82) is 0 Å². The largest absolute Gasteiger partial charge is 0.469 e. The Bertz CT molecular complexity index is 1200.